The maximum Gasteiger partial charge on any atom is 0.280 e. The molecule has 0 fully saturated rings. The Bertz CT molecular complexity index is 731. The lowest BCUT2D eigenvalue weighted by Crippen LogP contribution is -2.24. The molecule has 0 saturated heterocycles. The summed E-state index contributed by atoms with van der Waals surface area (Å²) in [5, 5.41) is 9.14. The largest absolute Gasteiger partial charge is 0.454 e. The molecule has 21 heavy (non-hydrogen) atoms. The van der Waals surface area contributed by atoms with Crippen LogP contribution in [0.25, 0.3) is 0 Å². The maximum absolute atomic E-state index is 11.7. The van der Waals surface area contributed by atoms with Crippen molar-refractivity contribution in [2.24, 2.45) is 16.5 Å². The van der Waals surface area contributed by atoms with Gasteiger partial charge in [-0.25, -0.2) is 0 Å². The number of hydrogen-bond acceptors (Lipinski definition) is 4. The van der Waals surface area contributed by atoms with E-state index in [0.29, 0.717) is 11.5 Å². The van der Waals surface area contributed by atoms with Gasteiger partial charge in [-0.3, -0.25) is 9.78 Å². The molecule has 2 rings (SSSR count). The summed E-state index contributed by atoms with van der Waals surface area (Å²) in [4.78, 5) is 19.0. The van der Waals surface area contributed by atoms with Gasteiger partial charge in [0.15, 0.2) is 5.96 Å². The van der Waals surface area contributed by atoms with Crippen molar-refractivity contribution in [3.8, 4) is 17.6 Å². The van der Waals surface area contributed by atoms with E-state index < -0.39 is 5.91 Å². The number of pyridine rings is 1. The summed E-state index contributed by atoms with van der Waals surface area (Å²) >= 11 is 0. The molecule has 7 nitrogen and oxygen atoms in total. The van der Waals surface area contributed by atoms with Crippen LogP contribution >= 0.6 is 0 Å². The van der Waals surface area contributed by atoms with Gasteiger partial charge in [-0.2, -0.15) is 10.3 Å². The molecule has 1 amide bonds. The third-order valence-electron chi connectivity index (χ3n) is 2.44. The Kier molecular flexibility index (Phi) is 4.11. The van der Waals surface area contributed by atoms with E-state index >= 15 is 0 Å². The fraction of sp³-hybridized carbons (Fsp3) is 0. The van der Waals surface area contributed by atoms with Gasteiger partial charge in [0.1, 0.15) is 17.6 Å². The minimum Gasteiger partial charge on any atom is -0.454 e. The first-order valence-corrected chi connectivity index (χ1v) is 5.86. The van der Waals surface area contributed by atoms with Crippen molar-refractivity contribution >= 4 is 11.9 Å². The van der Waals surface area contributed by atoms with Crippen LogP contribution in [0.15, 0.2) is 47.7 Å². The van der Waals surface area contributed by atoms with Crippen LogP contribution in [0, 0.1) is 11.3 Å². The number of amides is 1. The lowest BCUT2D eigenvalue weighted by atomic mass is 10.1. The Labute approximate surface area is 120 Å². The molecule has 0 unspecified atom stereocenters. The highest BCUT2D eigenvalue weighted by atomic mass is 16.5. The minimum atomic E-state index is -0.626. The van der Waals surface area contributed by atoms with Gasteiger partial charge < -0.3 is 16.2 Å². The Balaban J connectivity index is 2.32. The molecule has 4 N–H and O–H groups in total. The molecule has 0 saturated carbocycles. The van der Waals surface area contributed by atoms with Crippen molar-refractivity contribution in [3.05, 3.63) is 53.9 Å². The number of nitrogens with two attached hydrogens (primary N) is 2. The number of hydrogen-bond donors (Lipinski definition) is 2. The van der Waals surface area contributed by atoms with Gasteiger partial charge in [0.2, 0.25) is 0 Å². The lowest BCUT2D eigenvalue weighted by molar-refractivity contribution is 0.100. The van der Waals surface area contributed by atoms with Crippen molar-refractivity contribution in [1.29, 1.82) is 5.26 Å². The minimum absolute atomic E-state index is 0.190. The lowest BCUT2D eigenvalue weighted by Gasteiger charge is -2.07. The number of aliphatic imine (C=N–C) groups is 1. The highest BCUT2D eigenvalue weighted by Crippen LogP contribution is 2.25. The molecule has 0 aliphatic heterocycles. The third-order valence-corrected chi connectivity index (χ3v) is 2.44. The molecule has 0 spiro atoms. The number of carbonyl (C=O) groups excluding carboxylic acids is 1. The summed E-state index contributed by atoms with van der Waals surface area (Å²) in [6.07, 6.45) is 3.12. The standard InChI is InChI=1S/C14H11N5O2/c15-7-10-6-9(13(20)19-14(16)17)3-4-12(10)21-11-2-1-5-18-8-11/h1-6,8H,(H4,16,17,19,20). The van der Waals surface area contributed by atoms with Crippen molar-refractivity contribution in [2.75, 3.05) is 0 Å². The van der Waals surface area contributed by atoms with E-state index in [1.54, 1.807) is 18.3 Å². The van der Waals surface area contributed by atoms with Crippen LogP contribution in [0.3, 0.4) is 0 Å². The van der Waals surface area contributed by atoms with Gasteiger partial charge in [0, 0.05) is 11.8 Å². The second-order valence-electron chi connectivity index (χ2n) is 3.96. The van der Waals surface area contributed by atoms with Crippen LogP contribution in [0.4, 0.5) is 0 Å². The highest BCUT2D eigenvalue weighted by Gasteiger charge is 2.11. The molecule has 0 bridgehead atoms. The molecule has 0 radical (unpaired) electrons. The van der Waals surface area contributed by atoms with Gasteiger partial charge in [0.25, 0.3) is 5.91 Å². The highest BCUT2D eigenvalue weighted by molar-refractivity contribution is 6.02. The zero-order chi connectivity index (χ0) is 15.2. The first-order chi connectivity index (χ1) is 10.1. The van der Waals surface area contributed by atoms with Crippen LogP contribution in [0.1, 0.15) is 15.9 Å². The predicted octanol–water partition coefficient (Wildman–Crippen LogP) is 1.16. The average molecular weight is 281 g/mol. The van der Waals surface area contributed by atoms with E-state index in [1.165, 1.54) is 24.4 Å². The van der Waals surface area contributed by atoms with Crippen molar-refractivity contribution < 1.29 is 9.53 Å². The number of carbonyl (C=O) groups is 1. The summed E-state index contributed by atoms with van der Waals surface area (Å²) in [5.41, 5.74) is 10.7. The zero-order valence-electron chi connectivity index (χ0n) is 10.9. The first-order valence-electron chi connectivity index (χ1n) is 5.86. The molecular formula is C14H11N5O2. The first kappa shape index (κ1) is 14.0. The third kappa shape index (κ3) is 3.54. The fourth-order valence-electron chi connectivity index (χ4n) is 1.56. The van der Waals surface area contributed by atoms with Crippen molar-refractivity contribution in [1.82, 2.24) is 4.98 Å². The van der Waals surface area contributed by atoms with E-state index in [9.17, 15) is 4.79 Å². The van der Waals surface area contributed by atoms with Crippen LogP contribution in [0.2, 0.25) is 0 Å². The van der Waals surface area contributed by atoms with Gasteiger partial charge >= 0.3 is 0 Å². The summed E-state index contributed by atoms with van der Waals surface area (Å²) < 4.78 is 5.53. The maximum atomic E-state index is 11.7. The van der Waals surface area contributed by atoms with E-state index in [1.807, 2.05) is 6.07 Å². The van der Waals surface area contributed by atoms with E-state index in [2.05, 4.69) is 9.98 Å². The molecule has 1 aromatic heterocycles. The SMILES string of the molecule is N#Cc1cc(C(=O)N=C(N)N)ccc1Oc1cccnc1. The quantitative estimate of drug-likeness (QED) is 0.641. The summed E-state index contributed by atoms with van der Waals surface area (Å²) in [5.74, 6) is -0.169. The Morgan fingerprint density at radius 3 is 2.76 bits per heavy atom. The molecule has 2 aromatic rings. The number of benzene rings is 1. The molecule has 1 heterocycles. The number of aromatic nitrogens is 1. The molecule has 0 atom stereocenters. The Morgan fingerprint density at radius 2 is 2.14 bits per heavy atom. The van der Waals surface area contributed by atoms with E-state index in [-0.39, 0.29) is 17.1 Å². The van der Waals surface area contributed by atoms with Crippen LogP contribution in [-0.2, 0) is 0 Å². The zero-order valence-corrected chi connectivity index (χ0v) is 10.9. The summed E-state index contributed by atoms with van der Waals surface area (Å²) in [6, 6.07) is 9.70. The average Bonchev–Trinajstić information content (AvgIpc) is 2.48. The number of nitriles is 1. The van der Waals surface area contributed by atoms with Crippen LogP contribution < -0.4 is 16.2 Å². The predicted molar refractivity (Wildman–Crippen MR) is 75.6 cm³/mol. The van der Waals surface area contributed by atoms with Gasteiger partial charge in [-0.15, -0.1) is 0 Å². The van der Waals surface area contributed by atoms with Gasteiger partial charge in [-0.1, -0.05) is 0 Å². The van der Waals surface area contributed by atoms with E-state index in [0.717, 1.165) is 0 Å². The van der Waals surface area contributed by atoms with Crippen LogP contribution in [-0.4, -0.2) is 16.9 Å². The van der Waals surface area contributed by atoms with E-state index in [4.69, 9.17) is 21.5 Å². The van der Waals surface area contributed by atoms with Crippen LogP contribution in [0.5, 0.6) is 11.5 Å². The summed E-state index contributed by atoms with van der Waals surface area (Å²) in [6.45, 7) is 0. The number of ether oxygens (including phenoxy) is 1. The molecule has 104 valence electrons. The van der Waals surface area contributed by atoms with Gasteiger partial charge in [-0.05, 0) is 30.3 Å². The molecule has 1 aromatic carbocycles. The van der Waals surface area contributed by atoms with Crippen molar-refractivity contribution in [3.63, 3.8) is 0 Å². The molecule has 0 aliphatic rings. The monoisotopic (exact) mass is 281 g/mol. The number of nitrogens with zero attached hydrogens (tertiary/aromatic N) is 3. The van der Waals surface area contributed by atoms with Crippen molar-refractivity contribution in [2.45, 2.75) is 0 Å². The normalized spacial score (nSPS) is 9.48. The topological polar surface area (TPSA) is 127 Å². The molecule has 7 heteroatoms. The Morgan fingerprint density at radius 1 is 1.33 bits per heavy atom. The van der Waals surface area contributed by atoms with Gasteiger partial charge in [0.05, 0.1) is 11.8 Å². The second kappa shape index (κ2) is 6.16. The molecule has 0 aliphatic carbocycles. The second-order valence-corrected chi connectivity index (χ2v) is 3.96. The summed E-state index contributed by atoms with van der Waals surface area (Å²) in [7, 11) is 0. The number of guanidine groups is 1. The smallest absolute Gasteiger partial charge is 0.280 e. The fourth-order valence-corrected chi connectivity index (χ4v) is 1.56. The Hall–Kier alpha value is -3.40. The molecular weight excluding hydrogens is 270 g/mol. The number of rotatable bonds is 3.